The predicted octanol–water partition coefficient (Wildman–Crippen LogP) is -0.398. The molecule has 15 heteroatoms. The van der Waals surface area contributed by atoms with Gasteiger partial charge in [0.2, 0.25) is 0 Å². The van der Waals surface area contributed by atoms with Crippen LogP contribution in [0.4, 0.5) is 0 Å². The third kappa shape index (κ3) is 11.3. The SMILES string of the molecule is NC(CC(=O)O)(CC(=O)O)C(N)(CC(=O)O)CC(=O)O.O=C(OO)c1cccc(Cl)c1.[KH]. The number of carboxylic acids is 4. The van der Waals surface area contributed by atoms with Crippen LogP contribution in [0, 0.1) is 0 Å². The van der Waals surface area contributed by atoms with Crippen molar-refractivity contribution in [3.8, 4) is 0 Å². The zero-order chi connectivity index (χ0) is 24.4. The Morgan fingerprint density at radius 3 is 1.41 bits per heavy atom. The maximum atomic E-state index is 10.8. The molecule has 0 radical (unpaired) electrons. The number of rotatable bonds is 10. The fraction of sp³-hybridized carbons (Fsp3) is 0.353. The molecule has 0 aromatic heterocycles. The summed E-state index contributed by atoms with van der Waals surface area (Å²) in [6.45, 7) is 0. The molecule has 0 atom stereocenters. The van der Waals surface area contributed by atoms with Crippen molar-refractivity contribution in [1.29, 1.82) is 0 Å². The van der Waals surface area contributed by atoms with E-state index in [4.69, 9.17) is 48.8 Å². The summed E-state index contributed by atoms with van der Waals surface area (Å²) in [4.78, 5) is 57.3. The maximum absolute atomic E-state index is 10.8. The number of hydrogen-bond acceptors (Lipinski definition) is 9. The molecule has 1 rings (SSSR count). The predicted molar refractivity (Wildman–Crippen MR) is 109 cm³/mol. The van der Waals surface area contributed by atoms with Gasteiger partial charge < -0.3 is 31.9 Å². The minimum atomic E-state index is -2.22. The molecule has 0 saturated heterocycles. The van der Waals surface area contributed by atoms with Crippen molar-refractivity contribution < 1.29 is 54.5 Å². The Morgan fingerprint density at radius 1 is 0.812 bits per heavy atom. The monoisotopic (exact) mass is 504 g/mol. The normalized spacial score (nSPS) is 10.6. The Kier molecular flexibility index (Phi) is 14.8. The van der Waals surface area contributed by atoms with Gasteiger partial charge in [-0.3, -0.25) is 24.1 Å². The van der Waals surface area contributed by atoms with Gasteiger partial charge >= 0.3 is 81.2 Å². The van der Waals surface area contributed by atoms with Gasteiger partial charge in [0.1, 0.15) is 0 Å². The van der Waals surface area contributed by atoms with Crippen molar-refractivity contribution in [3.63, 3.8) is 0 Å². The Hall–Kier alpha value is -1.62. The van der Waals surface area contributed by atoms with Gasteiger partial charge in [0.05, 0.1) is 42.3 Å². The average Bonchev–Trinajstić information content (AvgIpc) is 2.58. The summed E-state index contributed by atoms with van der Waals surface area (Å²) >= 11 is 5.56. The van der Waals surface area contributed by atoms with Crippen molar-refractivity contribution in [3.05, 3.63) is 34.9 Å². The number of benzene rings is 1. The standard InChI is InChI=1S/C10H16N2O8.C7H5ClO3.K.H/c11-9(1-5(13)14,2-6(15)16)10(12,3-7(17)18)4-8(19)20;8-6-3-1-2-5(4-6)7(9)11-10;;/h1-4,11-12H2,(H,13,14)(H,15,16)(H,17,18)(H,19,20);1-4,10H;;. The van der Waals surface area contributed by atoms with Gasteiger partial charge in [-0.1, -0.05) is 17.7 Å². The molecular formula is C17H22ClKN2O11. The van der Waals surface area contributed by atoms with Gasteiger partial charge in [0.15, 0.2) is 0 Å². The third-order valence-corrected chi connectivity index (χ3v) is 4.24. The quantitative estimate of drug-likeness (QED) is 0.122. The second-order valence-electron chi connectivity index (χ2n) is 6.48. The molecule has 0 unspecified atom stereocenters. The molecule has 0 fully saturated rings. The number of halogens is 1. The van der Waals surface area contributed by atoms with Crippen LogP contribution in [0.5, 0.6) is 0 Å². The van der Waals surface area contributed by atoms with Crippen molar-refractivity contribution in [1.82, 2.24) is 0 Å². The van der Waals surface area contributed by atoms with Crippen LogP contribution in [-0.2, 0) is 24.1 Å². The first kappa shape index (κ1) is 32.6. The Bertz CT molecular complexity index is 778. The summed E-state index contributed by atoms with van der Waals surface area (Å²) in [5.74, 6) is -6.87. The van der Waals surface area contributed by atoms with Crippen LogP contribution in [0.25, 0.3) is 0 Å². The topological polar surface area (TPSA) is 248 Å². The number of carbonyl (C=O) groups excluding carboxylic acids is 1. The van der Waals surface area contributed by atoms with E-state index in [1.165, 1.54) is 12.1 Å². The molecular weight excluding hydrogens is 483 g/mol. The van der Waals surface area contributed by atoms with Crippen LogP contribution in [0.3, 0.4) is 0 Å². The number of hydrogen-bond donors (Lipinski definition) is 7. The molecule has 1 aromatic carbocycles. The van der Waals surface area contributed by atoms with Gasteiger partial charge in [0, 0.05) is 5.02 Å². The molecule has 0 aliphatic carbocycles. The molecule has 0 spiro atoms. The molecule has 9 N–H and O–H groups in total. The van der Waals surface area contributed by atoms with E-state index in [0.717, 1.165) is 0 Å². The van der Waals surface area contributed by atoms with Gasteiger partial charge in [-0.25, -0.2) is 4.79 Å². The van der Waals surface area contributed by atoms with Crippen LogP contribution in [0.2, 0.25) is 5.02 Å². The fourth-order valence-electron chi connectivity index (χ4n) is 2.58. The first-order valence-electron chi connectivity index (χ1n) is 8.22. The fourth-order valence-corrected chi connectivity index (χ4v) is 2.77. The molecule has 0 aliphatic rings. The summed E-state index contributed by atoms with van der Waals surface area (Å²) in [6, 6.07) is 6.11. The summed E-state index contributed by atoms with van der Waals surface area (Å²) in [6.07, 6.45) is -3.90. The van der Waals surface area contributed by atoms with Crippen LogP contribution < -0.4 is 11.5 Å². The van der Waals surface area contributed by atoms with Gasteiger partial charge in [-0.15, -0.1) is 0 Å². The van der Waals surface area contributed by atoms with Crippen LogP contribution in [0.1, 0.15) is 36.0 Å². The molecule has 0 aliphatic heterocycles. The summed E-state index contributed by atoms with van der Waals surface area (Å²) in [7, 11) is 0. The molecule has 32 heavy (non-hydrogen) atoms. The summed E-state index contributed by atoms with van der Waals surface area (Å²) in [5, 5.41) is 43.5. The van der Waals surface area contributed by atoms with E-state index in [1.807, 2.05) is 0 Å². The second-order valence-corrected chi connectivity index (χ2v) is 6.92. The van der Waals surface area contributed by atoms with Crippen LogP contribution >= 0.6 is 11.6 Å². The van der Waals surface area contributed by atoms with E-state index >= 15 is 0 Å². The number of aliphatic carboxylic acids is 4. The molecule has 0 bridgehead atoms. The van der Waals surface area contributed by atoms with E-state index in [9.17, 15) is 24.0 Å². The first-order valence-corrected chi connectivity index (χ1v) is 8.60. The Labute approximate surface area is 228 Å². The summed E-state index contributed by atoms with van der Waals surface area (Å²) < 4.78 is 0. The molecule has 1 aromatic rings. The molecule has 174 valence electrons. The molecule has 0 heterocycles. The van der Waals surface area contributed by atoms with Crippen molar-refractivity contribution in [2.75, 3.05) is 0 Å². The average molecular weight is 505 g/mol. The number of carboxylic acid groups (broad SMARTS) is 4. The van der Waals surface area contributed by atoms with E-state index in [2.05, 4.69) is 4.89 Å². The van der Waals surface area contributed by atoms with Gasteiger partial charge in [-0.2, -0.15) is 5.26 Å². The van der Waals surface area contributed by atoms with E-state index in [0.29, 0.717) is 5.02 Å². The number of carbonyl (C=O) groups is 5. The Morgan fingerprint density at radius 2 is 1.16 bits per heavy atom. The Balaban J connectivity index is 0. The van der Waals surface area contributed by atoms with Crippen LogP contribution in [-0.4, -0.2) is 118 Å². The van der Waals surface area contributed by atoms with Crippen LogP contribution in [0.15, 0.2) is 24.3 Å². The zero-order valence-electron chi connectivity index (χ0n) is 15.9. The van der Waals surface area contributed by atoms with E-state index < -0.39 is 66.6 Å². The van der Waals surface area contributed by atoms with Crippen molar-refractivity contribution in [2.45, 2.75) is 36.8 Å². The number of nitrogens with two attached hydrogens (primary N) is 2. The van der Waals surface area contributed by atoms with E-state index in [-0.39, 0.29) is 56.9 Å². The van der Waals surface area contributed by atoms with Gasteiger partial charge in [-0.05, 0) is 18.2 Å². The molecule has 13 nitrogen and oxygen atoms in total. The molecule has 0 amide bonds. The van der Waals surface area contributed by atoms with E-state index in [1.54, 1.807) is 12.1 Å². The minimum absolute atomic E-state index is 0. The van der Waals surface area contributed by atoms with Gasteiger partial charge in [0.25, 0.3) is 0 Å². The van der Waals surface area contributed by atoms with Crippen molar-refractivity contribution >= 4 is 92.8 Å². The first-order chi connectivity index (χ1) is 14.2. The van der Waals surface area contributed by atoms with Crippen molar-refractivity contribution in [2.24, 2.45) is 11.5 Å². The zero-order valence-corrected chi connectivity index (χ0v) is 16.6. The second kappa shape index (κ2) is 14.5. The summed E-state index contributed by atoms with van der Waals surface area (Å²) in [5.41, 5.74) is 7.10. The molecule has 0 saturated carbocycles. The third-order valence-electron chi connectivity index (χ3n) is 4.00.